The summed E-state index contributed by atoms with van der Waals surface area (Å²) in [4.78, 5) is 2.38. The molecule has 0 saturated carbocycles. The van der Waals surface area contributed by atoms with E-state index in [1.165, 1.54) is 76.4 Å². The summed E-state index contributed by atoms with van der Waals surface area (Å²) in [5.41, 5.74) is 11.8. The Balaban J connectivity index is 1.07. The Morgan fingerprint density at radius 3 is 1.66 bits per heavy atom. The zero-order valence-electron chi connectivity index (χ0n) is 30.7. The molecule has 0 atom stereocenters. The van der Waals surface area contributed by atoms with Gasteiger partial charge < -0.3 is 9.47 Å². The summed E-state index contributed by atoms with van der Waals surface area (Å²) in [6.45, 7) is 0. The Morgan fingerprint density at radius 1 is 0.304 bits per heavy atom. The Morgan fingerprint density at radius 2 is 0.875 bits per heavy atom. The van der Waals surface area contributed by atoms with E-state index >= 15 is 0 Å². The normalized spacial score (nSPS) is 11.6. The summed E-state index contributed by atoms with van der Waals surface area (Å²) in [5, 5.41) is 10.0. The van der Waals surface area contributed by atoms with E-state index in [2.05, 4.69) is 228 Å². The minimum Gasteiger partial charge on any atom is -0.310 e. The molecule has 1 aromatic heterocycles. The quantitative estimate of drug-likeness (QED) is 0.167. The fraction of sp³-hybridized carbons (Fsp3) is 0. The topological polar surface area (TPSA) is 8.17 Å². The highest BCUT2D eigenvalue weighted by Crippen LogP contribution is 2.43. The fourth-order valence-corrected chi connectivity index (χ4v) is 8.77. The molecule has 0 aliphatic carbocycles. The zero-order chi connectivity index (χ0) is 37.0. The summed E-state index contributed by atoms with van der Waals surface area (Å²) >= 11 is 0. The van der Waals surface area contributed by atoms with Gasteiger partial charge in [-0.15, -0.1) is 0 Å². The van der Waals surface area contributed by atoms with E-state index in [-0.39, 0.29) is 0 Å². The van der Waals surface area contributed by atoms with Crippen LogP contribution in [0.1, 0.15) is 0 Å². The van der Waals surface area contributed by atoms with E-state index < -0.39 is 0 Å². The summed E-state index contributed by atoms with van der Waals surface area (Å²) in [5.74, 6) is 0. The maximum Gasteiger partial charge on any atom is 0.0547 e. The number of hydrogen-bond donors (Lipinski definition) is 0. The molecule has 2 heteroatoms. The lowest BCUT2D eigenvalue weighted by atomic mass is 9.90. The molecule has 2 nitrogen and oxygen atoms in total. The van der Waals surface area contributed by atoms with Gasteiger partial charge in [0.25, 0.3) is 0 Å². The second-order valence-corrected chi connectivity index (χ2v) is 14.5. The molecule has 262 valence electrons. The van der Waals surface area contributed by atoms with Crippen LogP contribution in [0.2, 0.25) is 0 Å². The number of benzene rings is 10. The van der Waals surface area contributed by atoms with Gasteiger partial charge in [-0.25, -0.2) is 0 Å². The Bertz CT molecular complexity index is 3230. The molecular formula is C54H36N2. The predicted molar refractivity (Wildman–Crippen MR) is 239 cm³/mol. The van der Waals surface area contributed by atoms with Crippen LogP contribution < -0.4 is 4.90 Å². The van der Waals surface area contributed by atoms with Crippen LogP contribution >= 0.6 is 0 Å². The zero-order valence-corrected chi connectivity index (χ0v) is 30.7. The first kappa shape index (κ1) is 32.0. The second-order valence-electron chi connectivity index (χ2n) is 14.5. The van der Waals surface area contributed by atoms with E-state index in [9.17, 15) is 0 Å². The number of rotatable bonds is 6. The highest BCUT2D eigenvalue weighted by molar-refractivity contribution is 6.22. The molecule has 0 N–H and O–H groups in total. The standard InChI is InChI=1S/C54H36N2/c1-3-18-43(19-4-1)55(46-32-34-51-50(36-46)54-48-22-10-9-14-38(48)29-33-52(54)56(51)44-20-5-2-6-21-44)45-30-27-39(28-31-45)47-23-11-16-40-17-12-24-49(53(40)47)42-26-25-37-13-7-8-15-41(37)35-42/h1-36H. The molecule has 10 aromatic carbocycles. The van der Waals surface area contributed by atoms with Crippen molar-refractivity contribution in [3.8, 4) is 27.9 Å². The molecule has 0 radical (unpaired) electrons. The number of aromatic nitrogens is 1. The molecule has 0 bridgehead atoms. The first-order valence-corrected chi connectivity index (χ1v) is 19.3. The first-order chi connectivity index (χ1) is 27.8. The molecule has 1 heterocycles. The Labute approximate surface area is 325 Å². The van der Waals surface area contributed by atoms with Crippen LogP contribution in [0.4, 0.5) is 17.1 Å². The summed E-state index contributed by atoms with van der Waals surface area (Å²) < 4.78 is 2.40. The van der Waals surface area contributed by atoms with Crippen molar-refractivity contribution in [1.82, 2.24) is 4.57 Å². The van der Waals surface area contributed by atoms with Gasteiger partial charge in [0.2, 0.25) is 0 Å². The van der Waals surface area contributed by atoms with Crippen LogP contribution in [0, 0.1) is 0 Å². The van der Waals surface area contributed by atoms with Crippen LogP contribution in [0.15, 0.2) is 218 Å². The van der Waals surface area contributed by atoms with Gasteiger partial charge in [0.05, 0.1) is 11.0 Å². The van der Waals surface area contributed by atoms with E-state index in [0.29, 0.717) is 0 Å². The van der Waals surface area contributed by atoms with Crippen molar-refractivity contribution in [2.24, 2.45) is 0 Å². The molecule has 56 heavy (non-hydrogen) atoms. The fourth-order valence-electron chi connectivity index (χ4n) is 8.77. The second kappa shape index (κ2) is 13.2. The van der Waals surface area contributed by atoms with Crippen molar-refractivity contribution < 1.29 is 0 Å². The van der Waals surface area contributed by atoms with Crippen LogP contribution in [-0.2, 0) is 0 Å². The molecule has 0 aliphatic rings. The maximum atomic E-state index is 2.40. The molecule has 11 aromatic rings. The number of anilines is 3. The average Bonchev–Trinajstić information content (AvgIpc) is 3.61. The highest BCUT2D eigenvalue weighted by atomic mass is 15.1. The first-order valence-electron chi connectivity index (χ1n) is 19.3. The molecule has 11 rings (SSSR count). The van der Waals surface area contributed by atoms with Crippen LogP contribution in [0.3, 0.4) is 0 Å². The van der Waals surface area contributed by atoms with Gasteiger partial charge in [-0.3, -0.25) is 0 Å². The van der Waals surface area contributed by atoms with Gasteiger partial charge in [-0.2, -0.15) is 0 Å². The van der Waals surface area contributed by atoms with Crippen molar-refractivity contribution in [3.05, 3.63) is 218 Å². The average molecular weight is 713 g/mol. The predicted octanol–water partition coefficient (Wildman–Crippen LogP) is 15.0. The molecule has 0 spiro atoms. The van der Waals surface area contributed by atoms with Crippen molar-refractivity contribution in [2.45, 2.75) is 0 Å². The van der Waals surface area contributed by atoms with Gasteiger partial charge in [-0.1, -0.05) is 152 Å². The Kier molecular flexibility index (Phi) is 7.53. The lowest BCUT2D eigenvalue weighted by molar-refractivity contribution is 1.18. The van der Waals surface area contributed by atoms with Gasteiger partial charge in [0.15, 0.2) is 0 Å². The van der Waals surface area contributed by atoms with Crippen molar-refractivity contribution in [3.63, 3.8) is 0 Å². The van der Waals surface area contributed by atoms with E-state index in [1.54, 1.807) is 0 Å². The summed E-state index contributed by atoms with van der Waals surface area (Å²) in [6, 6.07) is 79.5. The third-order valence-electron chi connectivity index (χ3n) is 11.3. The third kappa shape index (κ3) is 5.26. The Hall–Kier alpha value is -7.42. The van der Waals surface area contributed by atoms with Gasteiger partial charge in [0.1, 0.15) is 0 Å². The smallest absolute Gasteiger partial charge is 0.0547 e. The summed E-state index contributed by atoms with van der Waals surface area (Å²) in [7, 11) is 0. The molecule has 0 saturated heterocycles. The van der Waals surface area contributed by atoms with E-state index in [1.807, 2.05) is 0 Å². The number of hydrogen-bond acceptors (Lipinski definition) is 1. The minimum atomic E-state index is 1.10. The van der Waals surface area contributed by atoms with Gasteiger partial charge in [-0.05, 0) is 121 Å². The number of para-hydroxylation sites is 2. The number of nitrogens with zero attached hydrogens (tertiary/aromatic N) is 2. The SMILES string of the molecule is c1ccc(N(c2ccc(-c3cccc4cccc(-c5ccc6ccccc6c5)c34)cc2)c2ccc3c(c2)c2c4ccccc4ccc2n3-c2ccccc2)cc1. The largest absolute Gasteiger partial charge is 0.310 e. The van der Waals surface area contributed by atoms with Crippen LogP contribution in [-0.4, -0.2) is 4.57 Å². The molecule has 0 amide bonds. The summed E-state index contributed by atoms with van der Waals surface area (Å²) in [6.07, 6.45) is 0. The van der Waals surface area contributed by atoms with Crippen molar-refractivity contribution in [1.29, 1.82) is 0 Å². The third-order valence-corrected chi connectivity index (χ3v) is 11.3. The molecule has 0 aliphatic heterocycles. The lowest BCUT2D eigenvalue weighted by Gasteiger charge is -2.26. The minimum absolute atomic E-state index is 1.10. The highest BCUT2D eigenvalue weighted by Gasteiger charge is 2.19. The number of fused-ring (bicyclic) bond motifs is 7. The maximum absolute atomic E-state index is 2.40. The van der Waals surface area contributed by atoms with Crippen molar-refractivity contribution in [2.75, 3.05) is 4.90 Å². The molecule has 0 unspecified atom stereocenters. The van der Waals surface area contributed by atoms with Crippen LogP contribution in [0.5, 0.6) is 0 Å². The van der Waals surface area contributed by atoms with E-state index in [4.69, 9.17) is 0 Å². The monoisotopic (exact) mass is 712 g/mol. The van der Waals surface area contributed by atoms with Gasteiger partial charge in [0, 0.05) is 33.5 Å². The lowest BCUT2D eigenvalue weighted by Crippen LogP contribution is -2.09. The van der Waals surface area contributed by atoms with E-state index in [0.717, 1.165) is 22.7 Å². The van der Waals surface area contributed by atoms with Crippen molar-refractivity contribution >= 4 is 71.2 Å². The molecular weight excluding hydrogens is 677 g/mol. The molecule has 0 fully saturated rings. The van der Waals surface area contributed by atoms with Gasteiger partial charge >= 0.3 is 0 Å². The van der Waals surface area contributed by atoms with Crippen LogP contribution in [0.25, 0.3) is 82.1 Å².